The standard InChI is InChI=1S/C24H32F3NO3/c1-8-30-21(29)12-17(6)10-9-11-18(7)19-13-20(15(2)3)28-22(16(4)5)23(19)31-14-24(25,26)27/h9-13,15-16H,8,14H2,1-7H3. The molecule has 4 nitrogen and oxygen atoms in total. The van der Waals surface area contributed by atoms with E-state index in [1.54, 1.807) is 45.1 Å². The molecule has 0 saturated carbocycles. The summed E-state index contributed by atoms with van der Waals surface area (Å²) in [6, 6.07) is 1.78. The van der Waals surface area contributed by atoms with E-state index in [-0.39, 0.29) is 17.6 Å². The van der Waals surface area contributed by atoms with Crippen molar-refractivity contribution in [2.45, 2.75) is 66.5 Å². The predicted octanol–water partition coefficient (Wildman–Crippen LogP) is 6.74. The average molecular weight is 440 g/mol. The Morgan fingerprint density at radius 3 is 2.32 bits per heavy atom. The summed E-state index contributed by atoms with van der Waals surface area (Å²) in [5.41, 5.74) is 3.28. The van der Waals surface area contributed by atoms with Gasteiger partial charge in [-0.25, -0.2) is 4.79 Å². The second-order valence-corrected chi connectivity index (χ2v) is 7.87. The number of esters is 1. The number of pyridine rings is 1. The van der Waals surface area contributed by atoms with Gasteiger partial charge in [-0.05, 0) is 49.8 Å². The van der Waals surface area contributed by atoms with Crippen molar-refractivity contribution in [1.82, 2.24) is 4.98 Å². The van der Waals surface area contributed by atoms with Gasteiger partial charge in [0.2, 0.25) is 0 Å². The highest BCUT2D eigenvalue weighted by Crippen LogP contribution is 2.36. The monoisotopic (exact) mass is 439 g/mol. The maximum atomic E-state index is 12.8. The largest absolute Gasteiger partial charge is 0.482 e. The number of alkyl halides is 3. The quantitative estimate of drug-likeness (QED) is 0.243. The Hall–Kier alpha value is -2.57. The molecule has 0 radical (unpaired) electrons. The van der Waals surface area contributed by atoms with E-state index in [4.69, 9.17) is 9.47 Å². The van der Waals surface area contributed by atoms with Gasteiger partial charge < -0.3 is 9.47 Å². The second-order valence-electron chi connectivity index (χ2n) is 7.87. The molecule has 1 rings (SSSR count). The van der Waals surface area contributed by atoms with Crippen LogP contribution in [0.25, 0.3) is 5.57 Å². The van der Waals surface area contributed by atoms with E-state index in [1.165, 1.54) is 6.08 Å². The highest BCUT2D eigenvalue weighted by atomic mass is 19.4. The molecule has 1 heterocycles. The van der Waals surface area contributed by atoms with Gasteiger partial charge in [-0.1, -0.05) is 45.9 Å². The lowest BCUT2D eigenvalue weighted by atomic mass is 9.97. The zero-order chi connectivity index (χ0) is 23.8. The third kappa shape index (κ3) is 8.99. The highest BCUT2D eigenvalue weighted by molar-refractivity contribution is 5.83. The number of carbonyl (C=O) groups excluding carboxylic acids is 1. The lowest BCUT2D eigenvalue weighted by molar-refractivity contribution is -0.153. The molecule has 0 aliphatic heterocycles. The van der Waals surface area contributed by atoms with Crippen LogP contribution in [-0.2, 0) is 9.53 Å². The molecule has 0 N–H and O–H groups in total. The molecule has 0 amide bonds. The summed E-state index contributed by atoms with van der Waals surface area (Å²) in [5.74, 6) is -0.284. The van der Waals surface area contributed by atoms with Gasteiger partial charge >= 0.3 is 12.1 Å². The van der Waals surface area contributed by atoms with E-state index in [0.717, 1.165) is 11.3 Å². The average Bonchev–Trinajstić information content (AvgIpc) is 2.64. The first kappa shape index (κ1) is 26.5. The van der Waals surface area contributed by atoms with Crippen LogP contribution in [0.5, 0.6) is 5.75 Å². The predicted molar refractivity (Wildman–Crippen MR) is 117 cm³/mol. The summed E-state index contributed by atoms with van der Waals surface area (Å²) in [5, 5.41) is 0. The molecule has 7 heteroatoms. The van der Waals surface area contributed by atoms with Crippen LogP contribution in [0, 0.1) is 0 Å². The molecule has 0 spiro atoms. The molecule has 0 bridgehead atoms. The topological polar surface area (TPSA) is 48.4 Å². The van der Waals surface area contributed by atoms with Crippen molar-refractivity contribution in [2.24, 2.45) is 0 Å². The number of hydrogen-bond acceptors (Lipinski definition) is 4. The molecule has 1 aromatic heterocycles. The van der Waals surface area contributed by atoms with Gasteiger partial charge in [0.15, 0.2) is 6.61 Å². The number of hydrogen-bond donors (Lipinski definition) is 0. The van der Waals surface area contributed by atoms with Crippen LogP contribution in [0.4, 0.5) is 13.2 Å². The number of aromatic nitrogens is 1. The summed E-state index contributed by atoms with van der Waals surface area (Å²) in [6.07, 6.45) is 2.16. The number of nitrogens with zero attached hydrogens (tertiary/aromatic N) is 1. The Bertz CT molecular complexity index is 850. The zero-order valence-electron chi connectivity index (χ0n) is 19.3. The van der Waals surface area contributed by atoms with Crippen LogP contribution in [0.2, 0.25) is 0 Å². The van der Waals surface area contributed by atoms with Crippen LogP contribution in [0.15, 0.2) is 35.9 Å². The van der Waals surface area contributed by atoms with Crippen molar-refractivity contribution in [3.05, 3.63) is 52.9 Å². The van der Waals surface area contributed by atoms with Crippen LogP contribution in [0.3, 0.4) is 0 Å². The number of carbonyl (C=O) groups is 1. The molecule has 0 aliphatic carbocycles. The third-order valence-corrected chi connectivity index (χ3v) is 4.30. The molecule has 0 saturated heterocycles. The number of halogens is 3. The minimum atomic E-state index is -4.45. The van der Waals surface area contributed by atoms with Gasteiger partial charge in [-0.3, -0.25) is 4.98 Å². The van der Waals surface area contributed by atoms with E-state index >= 15 is 0 Å². The number of allylic oxidation sites excluding steroid dienone is 5. The Labute approximate surface area is 182 Å². The van der Waals surface area contributed by atoms with Crippen molar-refractivity contribution < 1.29 is 27.4 Å². The molecule has 0 unspecified atom stereocenters. The second kappa shape index (κ2) is 11.7. The van der Waals surface area contributed by atoms with Gasteiger partial charge in [0.1, 0.15) is 5.75 Å². The van der Waals surface area contributed by atoms with Crippen molar-refractivity contribution in [1.29, 1.82) is 0 Å². The summed E-state index contributed by atoms with van der Waals surface area (Å²) in [6.45, 7) is 11.9. The summed E-state index contributed by atoms with van der Waals surface area (Å²) in [4.78, 5) is 16.1. The van der Waals surface area contributed by atoms with E-state index in [9.17, 15) is 18.0 Å². The summed E-state index contributed by atoms with van der Waals surface area (Å²) in [7, 11) is 0. The van der Waals surface area contributed by atoms with E-state index in [0.29, 0.717) is 23.4 Å². The van der Waals surface area contributed by atoms with E-state index in [2.05, 4.69) is 4.98 Å². The summed E-state index contributed by atoms with van der Waals surface area (Å²) >= 11 is 0. The van der Waals surface area contributed by atoms with Gasteiger partial charge in [0, 0.05) is 17.3 Å². The summed E-state index contributed by atoms with van der Waals surface area (Å²) < 4.78 is 48.7. The van der Waals surface area contributed by atoms with Gasteiger partial charge in [-0.2, -0.15) is 13.2 Å². The first-order valence-electron chi connectivity index (χ1n) is 10.3. The molecule has 172 valence electrons. The van der Waals surface area contributed by atoms with Crippen molar-refractivity contribution in [2.75, 3.05) is 13.2 Å². The van der Waals surface area contributed by atoms with Gasteiger partial charge in [0.05, 0.1) is 12.3 Å². The van der Waals surface area contributed by atoms with Crippen molar-refractivity contribution >= 4 is 11.5 Å². The zero-order valence-corrected chi connectivity index (χ0v) is 19.3. The van der Waals surface area contributed by atoms with E-state index < -0.39 is 18.8 Å². The lowest BCUT2D eigenvalue weighted by Crippen LogP contribution is -2.21. The first-order valence-corrected chi connectivity index (χ1v) is 10.3. The normalized spacial score (nSPS) is 13.4. The minimum absolute atomic E-state index is 0.103. The first-order chi connectivity index (χ1) is 14.4. The minimum Gasteiger partial charge on any atom is -0.482 e. The Balaban J connectivity index is 3.39. The number of ether oxygens (including phenoxy) is 2. The molecule has 31 heavy (non-hydrogen) atoms. The maximum Gasteiger partial charge on any atom is 0.422 e. The van der Waals surface area contributed by atoms with Crippen LogP contribution in [0.1, 0.15) is 77.3 Å². The van der Waals surface area contributed by atoms with Gasteiger partial charge in [-0.15, -0.1) is 0 Å². The molecule has 0 aliphatic rings. The van der Waals surface area contributed by atoms with Crippen LogP contribution in [-0.4, -0.2) is 30.3 Å². The fourth-order valence-electron chi connectivity index (χ4n) is 2.71. The molecular weight excluding hydrogens is 407 g/mol. The number of rotatable bonds is 9. The Morgan fingerprint density at radius 1 is 1.16 bits per heavy atom. The lowest BCUT2D eigenvalue weighted by Gasteiger charge is -2.21. The van der Waals surface area contributed by atoms with Crippen LogP contribution >= 0.6 is 0 Å². The molecule has 0 atom stereocenters. The fraction of sp³-hybridized carbons (Fsp3) is 0.500. The molecular formula is C24H32F3NO3. The Kier molecular flexibility index (Phi) is 10.0. The van der Waals surface area contributed by atoms with E-state index in [1.807, 2.05) is 27.7 Å². The third-order valence-electron chi connectivity index (χ3n) is 4.30. The highest BCUT2D eigenvalue weighted by Gasteiger charge is 2.30. The SMILES string of the molecule is CCOC(=O)C=C(C)C=CC=C(C)c1cc(C(C)C)nc(C(C)C)c1OCC(F)(F)F. The molecule has 0 aromatic carbocycles. The Morgan fingerprint density at radius 2 is 1.81 bits per heavy atom. The maximum absolute atomic E-state index is 12.8. The smallest absolute Gasteiger partial charge is 0.422 e. The van der Waals surface area contributed by atoms with Gasteiger partial charge in [0.25, 0.3) is 0 Å². The molecule has 0 fully saturated rings. The molecule has 1 aromatic rings. The van der Waals surface area contributed by atoms with Crippen molar-refractivity contribution in [3.8, 4) is 5.75 Å². The fourth-order valence-corrected chi connectivity index (χ4v) is 2.71. The van der Waals surface area contributed by atoms with Crippen LogP contribution < -0.4 is 4.74 Å². The van der Waals surface area contributed by atoms with Crippen molar-refractivity contribution in [3.63, 3.8) is 0 Å².